The molecule has 1 unspecified atom stereocenters. The molecule has 0 aliphatic rings. The fourth-order valence-electron chi connectivity index (χ4n) is 4.62. The number of halogens is 3. The molecule has 0 aliphatic carbocycles. The van der Waals surface area contributed by atoms with Gasteiger partial charge >= 0.3 is 0 Å². The molecule has 44 heavy (non-hydrogen) atoms. The molecule has 11 heteroatoms. The van der Waals surface area contributed by atoms with Crippen LogP contribution in [0.5, 0.6) is 0 Å². The summed E-state index contributed by atoms with van der Waals surface area (Å²) in [4.78, 5) is 29.5. The first kappa shape index (κ1) is 33.5. The Kier molecular flexibility index (Phi) is 11.8. The lowest BCUT2D eigenvalue weighted by molar-refractivity contribution is -0.141. The summed E-state index contributed by atoms with van der Waals surface area (Å²) >= 11 is 18.5. The molecule has 0 radical (unpaired) electrons. The van der Waals surface area contributed by atoms with Crippen LogP contribution in [0.3, 0.4) is 0 Å². The first-order chi connectivity index (χ1) is 21.0. The van der Waals surface area contributed by atoms with Gasteiger partial charge in [-0.1, -0.05) is 114 Å². The summed E-state index contributed by atoms with van der Waals surface area (Å²) in [6.07, 6.45) is 1.26. The van der Waals surface area contributed by atoms with Gasteiger partial charge in [0.15, 0.2) is 0 Å². The number of carbonyl (C=O) groups excluding carboxylic acids is 2. The Morgan fingerprint density at radius 1 is 0.750 bits per heavy atom. The Morgan fingerprint density at radius 2 is 1.32 bits per heavy atom. The third kappa shape index (κ3) is 9.81. The monoisotopic (exact) mass is 671 g/mol. The third-order valence-electron chi connectivity index (χ3n) is 6.99. The Labute approximate surface area is 273 Å². The van der Waals surface area contributed by atoms with Gasteiger partial charge in [0.1, 0.15) is 6.04 Å². The maximum atomic E-state index is 14.1. The molecule has 0 spiro atoms. The smallest absolute Gasteiger partial charge is 0.243 e. The summed E-state index contributed by atoms with van der Waals surface area (Å²) in [5, 5.41) is 4.31. The minimum Gasteiger partial charge on any atom is -0.350 e. The van der Waals surface area contributed by atoms with E-state index in [-0.39, 0.29) is 26.1 Å². The standard InChI is InChI=1S/C33H32Cl3N3O4S/c1-44(42,43)38(21-25-10-6-3-7-11-25)23-32(40)39(22-26-12-15-28(34)16-13-26)31(18-24-8-4-2-5-9-24)33(41)37-20-27-14-17-29(35)19-30(27)36/h2-17,19,31H,18,20-23H2,1H3,(H,37,41). The van der Waals surface area contributed by atoms with Crippen LogP contribution in [0.2, 0.25) is 15.1 Å². The fourth-order valence-corrected chi connectivity index (χ4v) is 5.95. The van der Waals surface area contributed by atoms with Crippen molar-refractivity contribution in [3.8, 4) is 0 Å². The summed E-state index contributed by atoms with van der Waals surface area (Å²) < 4.78 is 26.8. The van der Waals surface area contributed by atoms with Gasteiger partial charge in [-0.05, 0) is 46.5 Å². The topological polar surface area (TPSA) is 86.8 Å². The molecule has 0 heterocycles. The van der Waals surface area contributed by atoms with Crippen molar-refractivity contribution in [3.63, 3.8) is 0 Å². The SMILES string of the molecule is CS(=O)(=O)N(CC(=O)N(Cc1ccc(Cl)cc1)C(Cc1ccccc1)C(=O)NCc1ccc(Cl)cc1Cl)Cc1ccccc1. The van der Waals surface area contributed by atoms with Crippen LogP contribution >= 0.6 is 34.8 Å². The van der Waals surface area contributed by atoms with Gasteiger partial charge in [-0.25, -0.2) is 8.42 Å². The molecule has 7 nitrogen and oxygen atoms in total. The molecule has 0 aliphatic heterocycles. The molecular weight excluding hydrogens is 641 g/mol. The van der Waals surface area contributed by atoms with Crippen LogP contribution in [0, 0.1) is 0 Å². The van der Waals surface area contributed by atoms with E-state index in [0.717, 1.165) is 27.3 Å². The average Bonchev–Trinajstić information content (AvgIpc) is 2.99. The Balaban J connectivity index is 1.68. The lowest BCUT2D eigenvalue weighted by Crippen LogP contribution is -2.53. The summed E-state index contributed by atoms with van der Waals surface area (Å²) in [5.74, 6) is -0.946. The number of amides is 2. The number of rotatable bonds is 13. The van der Waals surface area contributed by atoms with Crippen molar-refractivity contribution in [2.75, 3.05) is 12.8 Å². The van der Waals surface area contributed by atoms with Crippen molar-refractivity contribution >= 4 is 56.6 Å². The van der Waals surface area contributed by atoms with E-state index in [1.165, 1.54) is 4.90 Å². The summed E-state index contributed by atoms with van der Waals surface area (Å²) in [6, 6.07) is 29.3. The molecule has 0 aromatic heterocycles. The Bertz CT molecular complexity index is 1670. The second-order valence-corrected chi connectivity index (χ2v) is 13.6. The largest absolute Gasteiger partial charge is 0.350 e. The van der Waals surface area contributed by atoms with Gasteiger partial charge in [0.2, 0.25) is 21.8 Å². The Morgan fingerprint density at radius 3 is 1.91 bits per heavy atom. The zero-order valence-corrected chi connectivity index (χ0v) is 27.1. The van der Waals surface area contributed by atoms with E-state index in [4.69, 9.17) is 34.8 Å². The number of benzene rings is 4. The first-order valence-electron chi connectivity index (χ1n) is 13.8. The summed E-state index contributed by atoms with van der Waals surface area (Å²) in [7, 11) is -3.79. The normalized spacial score (nSPS) is 12.1. The second-order valence-electron chi connectivity index (χ2n) is 10.3. The summed E-state index contributed by atoms with van der Waals surface area (Å²) in [5.41, 5.74) is 2.94. The molecule has 1 N–H and O–H groups in total. The lowest BCUT2D eigenvalue weighted by atomic mass is 10.0. The molecule has 1 atom stereocenters. The van der Waals surface area contributed by atoms with Gasteiger partial charge in [0, 0.05) is 41.1 Å². The first-order valence-corrected chi connectivity index (χ1v) is 16.8. The highest BCUT2D eigenvalue weighted by Gasteiger charge is 2.33. The van der Waals surface area contributed by atoms with E-state index in [9.17, 15) is 18.0 Å². The molecule has 0 saturated heterocycles. The van der Waals surface area contributed by atoms with Crippen molar-refractivity contribution in [1.82, 2.24) is 14.5 Å². The minimum atomic E-state index is -3.79. The highest BCUT2D eigenvalue weighted by molar-refractivity contribution is 7.88. The molecule has 0 fully saturated rings. The van der Waals surface area contributed by atoms with E-state index >= 15 is 0 Å². The van der Waals surface area contributed by atoms with Gasteiger partial charge in [-0.15, -0.1) is 0 Å². The summed E-state index contributed by atoms with van der Waals surface area (Å²) in [6.45, 7) is -0.300. The van der Waals surface area contributed by atoms with E-state index in [1.807, 2.05) is 36.4 Å². The van der Waals surface area contributed by atoms with Crippen LogP contribution in [0.4, 0.5) is 0 Å². The molecule has 0 saturated carbocycles. The van der Waals surface area contributed by atoms with Crippen LogP contribution in [-0.4, -0.2) is 48.3 Å². The number of nitrogens with one attached hydrogen (secondary N) is 1. The van der Waals surface area contributed by atoms with Crippen molar-refractivity contribution in [3.05, 3.63) is 140 Å². The Hall–Kier alpha value is -3.40. The quantitative estimate of drug-likeness (QED) is 0.179. The molecular formula is C33H32Cl3N3O4S. The highest BCUT2D eigenvalue weighted by atomic mass is 35.5. The molecule has 4 rings (SSSR count). The van der Waals surface area contributed by atoms with Crippen LogP contribution in [-0.2, 0) is 45.7 Å². The predicted octanol–water partition coefficient (Wildman–Crippen LogP) is 6.36. The number of nitrogens with zero attached hydrogens (tertiary/aromatic N) is 2. The van der Waals surface area contributed by atoms with Gasteiger partial charge < -0.3 is 10.2 Å². The van der Waals surface area contributed by atoms with E-state index < -0.39 is 34.4 Å². The van der Waals surface area contributed by atoms with Crippen LogP contribution in [0.1, 0.15) is 22.3 Å². The van der Waals surface area contributed by atoms with E-state index in [1.54, 1.807) is 66.7 Å². The second kappa shape index (κ2) is 15.5. The highest BCUT2D eigenvalue weighted by Crippen LogP contribution is 2.22. The van der Waals surface area contributed by atoms with Crippen molar-refractivity contribution in [2.45, 2.75) is 32.1 Å². The van der Waals surface area contributed by atoms with Crippen LogP contribution in [0.15, 0.2) is 103 Å². The molecule has 230 valence electrons. The lowest BCUT2D eigenvalue weighted by Gasteiger charge is -2.33. The number of hydrogen-bond donors (Lipinski definition) is 1. The third-order valence-corrected chi connectivity index (χ3v) is 9.02. The number of carbonyl (C=O) groups is 2. The van der Waals surface area contributed by atoms with Crippen molar-refractivity contribution in [2.24, 2.45) is 0 Å². The average molecular weight is 673 g/mol. The van der Waals surface area contributed by atoms with Gasteiger partial charge in [0.25, 0.3) is 0 Å². The van der Waals surface area contributed by atoms with Crippen molar-refractivity contribution in [1.29, 1.82) is 0 Å². The van der Waals surface area contributed by atoms with Gasteiger partial charge in [-0.2, -0.15) is 4.31 Å². The maximum absolute atomic E-state index is 14.1. The predicted molar refractivity (Wildman–Crippen MR) is 176 cm³/mol. The molecule has 2 amide bonds. The van der Waals surface area contributed by atoms with Gasteiger partial charge in [-0.3, -0.25) is 9.59 Å². The van der Waals surface area contributed by atoms with E-state index in [2.05, 4.69) is 5.32 Å². The van der Waals surface area contributed by atoms with Crippen LogP contribution < -0.4 is 5.32 Å². The van der Waals surface area contributed by atoms with Crippen molar-refractivity contribution < 1.29 is 18.0 Å². The fraction of sp³-hybridized carbons (Fsp3) is 0.212. The zero-order chi connectivity index (χ0) is 31.7. The van der Waals surface area contributed by atoms with E-state index in [0.29, 0.717) is 20.6 Å². The zero-order valence-electron chi connectivity index (χ0n) is 24.0. The molecule has 4 aromatic carbocycles. The molecule has 0 bridgehead atoms. The molecule has 4 aromatic rings. The number of hydrogen-bond acceptors (Lipinski definition) is 4. The number of sulfonamides is 1. The minimum absolute atomic E-state index is 0.00477. The van der Waals surface area contributed by atoms with Gasteiger partial charge in [0.05, 0.1) is 12.8 Å². The maximum Gasteiger partial charge on any atom is 0.243 e. The van der Waals surface area contributed by atoms with Crippen LogP contribution in [0.25, 0.3) is 0 Å².